The Hall–Kier alpha value is -1.80. The normalized spacial score (nSPS) is 12.2. The van der Waals surface area contributed by atoms with Crippen LogP contribution in [0.4, 0.5) is 4.39 Å². The minimum atomic E-state index is -0.558. The molecule has 0 radical (unpaired) electrons. The molecule has 1 amide bonds. The molecular formula is C17H12Cl3FN4OS. The van der Waals surface area contributed by atoms with Crippen molar-refractivity contribution in [3.63, 3.8) is 0 Å². The highest BCUT2D eigenvalue weighted by atomic mass is 35.5. The SMILES string of the molecule is C[C@H](Sc1nnc(-c2ccc(Cl)cc2Cl)n1-c1ccc(F)c(Cl)c1)C(N)=O. The van der Waals surface area contributed by atoms with Crippen molar-refractivity contribution < 1.29 is 9.18 Å². The van der Waals surface area contributed by atoms with E-state index in [0.717, 1.165) is 11.8 Å². The summed E-state index contributed by atoms with van der Waals surface area (Å²) in [5.41, 5.74) is 6.42. The van der Waals surface area contributed by atoms with Gasteiger partial charge in [-0.2, -0.15) is 0 Å². The Balaban J connectivity index is 2.20. The number of thioether (sulfide) groups is 1. The van der Waals surface area contributed by atoms with E-state index in [4.69, 9.17) is 40.5 Å². The van der Waals surface area contributed by atoms with Crippen LogP contribution < -0.4 is 5.73 Å². The van der Waals surface area contributed by atoms with Crippen LogP contribution in [-0.4, -0.2) is 25.9 Å². The van der Waals surface area contributed by atoms with Gasteiger partial charge >= 0.3 is 0 Å². The largest absolute Gasteiger partial charge is 0.369 e. The Morgan fingerprint density at radius 2 is 1.89 bits per heavy atom. The maximum atomic E-state index is 13.6. The van der Waals surface area contributed by atoms with Gasteiger partial charge in [0.15, 0.2) is 11.0 Å². The van der Waals surface area contributed by atoms with Gasteiger partial charge in [-0.25, -0.2) is 4.39 Å². The lowest BCUT2D eigenvalue weighted by molar-refractivity contribution is -0.117. The number of rotatable bonds is 5. The van der Waals surface area contributed by atoms with Gasteiger partial charge in [-0.15, -0.1) is 10.2 Å². The smallest absolute Gasteiger partial charge is 0.230 e. The molecule has 10 heteroatoms. The molecule has 0 unspecified atom stereocenters. The zero-order valence-electron chi connectivity index (χ0n) is 13.8. The first-order valence-electron chi connectivity index (χ1n) is 7.60. The fourth-order valence-electron chi connectivity index (χ4n) is 2.26. The molecular weight excluding hydrogens is 434 g/mol. The number of halogens is 4. The summed E-state index contributed by atoms with van der Waals surface area (Å²) < 4.78 is 15.2. The number of hydrogen-bond donors (Lipinski definition) is 1. The number of nitrogens with two attached hydrogens (primary N) is 1. The first-order chi connectivity index (χ1) is 12.8. The lowest BCUT2D eigenvalue weighted by Gasteiger charge is -2.13. The second-order valence-corrected chi connectivity index (χ2v) is 8.09. The van der Waals surface area contributed by atoms with E-state index in [1.165, 1.54) is 18.2 Å². The monoisotopic (exact) mass is 444 g/mol. The molecule has 27 heavy (non-hydrogen) atoms. The molecule has 3 rings (SSSR count). The van der Waals surface area contributed by atoms with E-state index in [1.807, 2.05) is 0 Å². The van der Waals surface area contributed by atoms with Gasteiger partial charge in [0, 0.05) is 10.6 Å². The summed E-state index contributed by atoms with van der Waals surface area (Å²) in [6.07, 6.45) is 0. The van der Waals surface area contributed by atoms with Crippen LogP contribution in [0.5, 0.6) is 0 Å². The first-order valence-corrected chi connectivity index (χ1v) is 9.61. The molecule has 3 aromatic rings. The molecule has 1 heterocycles. The molecule has 0 aliphatic carbocycles. The third-order valence-corrected chi connectivity index (χ3v) is 5.55. The molecule has 5 nitrogen and oxygen atoms in total. The van der Waals surface area contributed by atoms with Crippen LogP contribution in [-0.2, 0) is 4.79 Å². The summed E-state index contributed by atoms with van der Waals surface area (Å²) in [5, 5.41) is 8.93. The fraction of sp³-hybridized carbons (Fsp3) is 0.118. The summed E-state index contributed by atoms with van der Waals surface area (Å²) in [5.74, 6) is -0.671. The summed E-state index contributed by atoms with van der Waals surface area (Å²) in [6.45, 7) is 1.65. The van der Waals surface area contributed by atoms with Crippen molar-refractivity contribution in [1.82, 2.24) is 14.8 Å². The highest BCUT2D eigenvalue weighted by Crippen LogP contribution is 2.35. The Morgan fingerprint density at radius 3 is 2.52 bits per heavy atom. The lowest BCUT2D eigenvalue weighted by atomic mass is 10.2. The van der Waals surface area contributed by atoms with Gasteiger partial charge in [0.05, 0.1) is 21.0 Å². The molecule has 0 fully saturated rings. The van der Waals surface area contributed by atoms with Crippen molar-refractivity contribution in [3.8, 4) is 17.1 Å². The van der Waals surface area contributed by atoms with E-state index in [2.05, 4.69) is 10.2 Å². The number of nitrogens with zero attached hydrogens (tertiary/aromatic N) is 3. The van der Waals surface area contributed by atoms with Crippen molar-refractivity contribution in [2.45, 2.75) is 17.3 Å². The molecule has 0 aliphatic rings. The van der Waals surface area contributed by atoms with Crippen LogP contribution in [0.1, 0.15) is 6.92 Å². The lowest BCUT2D eigenvalue weighted by Crippen LogP contribution is -2.23. The standard InChI is InChI=1S/C17H12Cl3FN4OS/c1-8(15(22)26)27-17-24-23-16(11-4-2-9(18)6-12(11)19)25(17)10-3-5-14(21)13(20)7-10/h2-8H,1H3,(H2,22,26)/t8-/m0/s1. The van der Waals surface area contributed by atoms with Gasteiger partial charge in [-0.1, -0.05) is 46.6 Å². The quantitative estimate of drug-likeness (QED) is 0.561. The van der Waals surface area contributed by atoms with Gasteiger partial charge in [0.2, 0.25) is 5.91 Å². The maximum absolute atomic E-state index is 13.6. The van der Waals surface area contributed by atoms with Crippen molar-refractivity contribution in [3.05, 3.63) is 57.3 Å². The number of aromatic nitrogens is 3. The summed E-state index contributed by atoms with van der Waals surface area (Å²) >= 11 is 19.3. The molecule has 2 N–H and O–H groups in total. The van der Waals surface area contributed by atoms with E-state index in [9.17, 15) is 9.18 Å². The second-order valence-electron chi connectivity index (χ2n) is 5.53. The van der Waals surface area contributed by atoms with Crippen LogP contribution in [0.15, 0.2) is 41.6 Å². The minimum Gasteiger partial charge on any atom is -0.369 e. The van der Waals surface area contributed by atoms with Crippen LogP contribution in [0.3, 0.4) is 0 Å². The van der Waals surface area contributed by atoms with Crippen LogP contribution in [0.25, 0.3) is 17.1 Å². The minimum absolute atomic E-state index is 0.0618. The summed E-state index contributed by atoms with van der Waals surface area (Å²) in [4.78, 5) is 11.5. The molecule has 1 atom stereocenters. The van der Waals surface area contributed by atoms with Crippen molar-refractivity contribution in [1.29, 1.82) is 0 Å². The molecule has 0 saturated heterocycles. The zero-order chi connectivity index (χ0) is 19.7. The van der Waals surface area contributed by atoms with Crippen molar-refractivity contribution in [2.24, 2.45) is 5.73 Å². The van der Waals surface area contributed by atoms with Crippen LogP contribution >= 0.6 is 46.6 Å². The second kappa shape index (κ2) is 8.06. The van der Waals surface area contributed by atoms with Gasteiger partial charge < -0.3 is 5.73 Å². The topological polar surface area (TPSA) is 73.8 Å². The highest BCUT2D eigenvalue weighted by molar-refractivity contribution is 8.00. The van der Waals surface area contributed by atoms with E-state index < -0.39 is 17.0 Å². The average molecular weight is 446 g/mol. The predicted molar refractivity (Wildman–Crippen MR) is 106 cm³/mol. The maximum Gasteiger partial charge on any atom is 0.230 e. The molecule has 0 saturated carbocycles. The Morgan fingerprint density at radius 1 is 1.15 bits per heavy atom. The van der Waals surface area contributed by atoms with Crippen molar-refractivity contribution >= 4 is 52.5 Å². The number of hydrogen-bond acceptors (Lipinski definition) is 4. The first kappa shape index (κ1) is 19.9. The van der Waals surface area contributed by atoms with E-state index >= 15 is 0 Å². The molecule has 140 valence electrons. The Labute approximate surface area is 173 Å². The Bertz CT molecular complexity index is 1030. The van der Waals surface area contributed by atoms with Gasteiger partial charge in [0.1, 0.15) is 5.82 Å². The van der Waals surface area contributed by atoms with Crippen molar-refractivity contribution in [2.75, 3.05) is 0 Å². The molecule has 1 aromatic heterocycles. The van der Waals surface area contributed by atoms with Crippen LogP contribution in [0, 0.1) is 5.82 Å². The van der Waals surface area contributed by atoms with Gasteiger partial charge in [-0.3, -0.25) is 9.36 Å². The summed E-state index contributed by atoms with van der Waals surface area (Å²) in [7, 11) is 0. The molecule has 0 spiro atoms. The summed E-state index contributed by atoms with van der Waals surface area (Å²) in [6, 6.07) is 9.13. The average Bonchev–Trinajstić information content (AvgIpc) is 3.00. The van der Waals surface area contributed by atoms with Crippen LogP contribution in [0.2, 0.25) is 15.1 Å². The predicted octanol–water partition coefficient (Wildman–Crippen LogP) is 5.00. The number of primary amides is 1. The Kier molecular flexibility index (Phi) is 5.95. The molecule has 0 aliphatic heterocycles. The van der Waals surface area contributed by atoms with E-state index in [0.29, 0.717) is 32.3 Å². The third-order valence-electron chi connectivity index (χ3n) is 3.65. The number of carbonyl (C=O) groups excluding carboxylic acids is 1. The number of carbonyl (C=O) groups is 1. The van der Waals surface area contributed by atoms with E-state index in [1.54, 1.807) is 29.7 Å². The molecule has 0 bridgehead atoms. The zero-order valence-corrected chi connectivity index (χ0v) is 16.9. The number of amides is 1. The van der Waals surface area contributed by atoms with Gasteiger partial charge in [-0.05, 0) is 43.3 Å². The van der Waals surface area contributed by atoms with Gasteiger partial charge in [0.25, 0.3) is 0 Å². The number of benzene rings is 2. The van der Waals surface area contributed by atoms with E-state index in [-0.39, 0.29) is 5.02 Å². The molecule has 2 aromatic carbocycles. The highest BCUT2D eigenvalue weighted by Gasteiger charge is 2.22. The fourth-order valence-corrected chi connectivity index (χ4v) is 3.75. The third kappa shape index (κ3) is 4.21.